The highest BCUT2D eigenvalue weighted by Gasteiger charge is 2.28. The van der Waals surface area contributed by atoms with Crippen molar-refractivity contribution in [2.24, 2.45) is 5.73 Å². The van der Waals surface area contributed by atoms with Crippen molar-refractivity contribution in [2.45, 2.75) is 167 Å². The van der Waals surface area contributed by atoms with Crippen LogP contribution in [0, 0.1) is 0 Å². The first-order chi connectivity index (χ1) is 28.1. The molecule has 0 aromatic carbocycles. The lowest BCUT2D eigenvalue weighted by Gasteiger charge is -2.20. The summed E-state index contributed by atoms with van der Waals surface area (Å²) in [4.78, 5) is 45.9. The van der Waals surface area contributed by atoms with Crippen LogP contribution in [0.4, 0.5) is 0 Å². The number of carboxylic acids is 1. The summed E-state index contributed by atoms with van der Waals surface area (Å²) < 4.78 is 32.6. The highest BCUT2D eigenvalue weighted by molar-refractivity contribution is 7.47. The molecular weight excluding hydrogens is 757 g/mol. The van der Waals surface area contributed by atoms with E-state index in [-0.39, 0.29) is 19.4 Å². The third-order valence-electron chi connectivity index (χ3n) is 8.62. The van der Waals surface area contributed by atoms with Crippen molar-refractivity contribution in [1.82, 2.24) is 0 Å². The molecule has 0 bridgehead atoms. The number of carbonyl (C=O) groups excluding carboxylic acids is 2. The Labute approximate surface area is 350 Å². The van der Waals surface area contributed by atoms with Gasteiger partial charge in [-0.1, -0.05) is 131 Å². The molecule has 11 nitrogen and oxygen atoms in total. The predicted molar refractivity (Wildman–Crippen MR) is 235 cm³/mol. The molecule has 0 aliphatic rings. The van der Waals surface area contributed by atoms with Crippen molar-refractivity contribution in [3.8, 4) is 0 Å². The lowest BCUT2D eigenvalue weighted by Crippen LogP contribution is -2.34. The van der Waals surface area contributed by atoms with Crippen molar-refractivity contribution in [1.29, 1.82) is 0 Å². The van der Waals surface area contributed by atoms with Crippen LogP contribution in [0.2, 0.25) is 0 Å². The third-order valence-corrected chi connectivity index (χ3v) is 9.57. The number of rotatable bonds is 39. The Kier molecular flexibility index (Phi) is 38.1. The minimum absolute atomic E-state index is 0.100. The Hall–Kier alpha value is -3.34. The number of carboxylic acid groups (broad SMARTS) is 1. The van der Waals surface area contributed by atoms with Crippen LogP contribution >= 0.6 is 7.82 Å². The minimum Gasteiger partial charge on any atom is -0.480 e. The van der Waals surface area contributed by atoms with E-state index in [0.29, 0.717) is 12.8 Å². The number of allylic oxidation sites excluding steroid dienone is 14. The molecule has 0 aliphatic carbocycles. The number of aliphatic carboxylic acids is 1. The largest absolute Gasteiger partial charge is 0.480 e. The van der Waals surface area contributed by atoms with Gasteiger partial charge in [-0.2, -0.15) is 0 Å². The Bertz CT molecular complexity index is 1300. The fraction of sp³-hybridized carbons (Fsp3) is 0.630. The molecule has 0 aromatic heterocycles. The molecule has 58 heavy (non-hydrogen) atoms. The second kappa shape index (κ2) is 40.4. The topological polar surface area (TPSA) is 172 Å². The van der Waals surface area contributed by atoms with E-state index in [9.17, 15) is 23.8 Å². The fourth-order valence-corrected chi connectivity index (χ4v) is 5.95. The number of carbonyl (C=O) groups is 3. The van der Waals surface area contributed by atoms with E-state index < -0.39 is 51.1 Å². The smallest absolute Gasteiger partial charge is 0.472 e. The second-order valence-electron chi connectivity index (χ2n) is 14.1. The predicted octanol–water partition coefficient (Wildman–Crippen LogP) is 11.5. The quantitative estimate of drug-likeness (QED) is 0.0233. The lowest BCUT2D eigenvalue weighted by atomic mass is 10.1. The molecule has 0 radical (unpaired) electrons. The average molecular weight is 834 g/mol. The number of unbranched alkanes of at least 4 members (excludes halogenated alkanes) is 11. The van der Waals surface area contributed by atoms with E-state index in [1.165, 1.54) is 44.9 Å². The maximum atomic E-state index is 12.6. The summed E-state index contributed by atoms with van der Waals surface area (Å²) in [6.45, 7) is 2.65. The SMILES string of the molecule is CCCCC/C=C\C/C=C\C/C=C\C/C=C\CCCCCC(=O)OC[C@H](COP(=O)(O)OC[C@H](N)C(=O)O)OC(=O)CCCC/C=C\C/C=C\C/C=C\CCCCC. The molecule has 1 unspecified atom stereocenters. The highest BCUT2D eigenvalue weighted by Crippen LogP contribution is 2.43. The molecule has 0 aliphatic heterocycles. The van der Waals surface area contributed by atoms with E-state index in [4.69, 9.17) is 24.8 Å². The average Bonchev–Trinajstić information content (AvgIpc) is 3.20. The molecule has 0 rings (SSSR count). The van der Waals surface area contributed by atoms with Gasteiger partial charge in [0.2, 0.25) is 0 Å². The maximum absolute atomic E-state index is 12.6. The normalized spacial score (nSPS) is 14.6. The fourth-order valence-electron chi connectivity index (χ4n) is 5.17. The van der Waals surface area contributed by atoms with Crippen LogP contribution in [0.3, 0.4) is 0 Å². The van der Waals surface area contributed by atoms with Crippen LogP contribution in [0.15, 0.2) is 85.1 Å². The van der Waals surface area contributed by atoms with Gasteiger partial charge in [0, 0.05) is 12.8 Å². The highest BCUT2D eigenvalue weighted by atomic mass is 31.2. The third kappa shape index (κ3) is 39.5. The van der Waals surface area contributed by atoms with E-state index in [0.717, 1.165) is 70.6 Å². The first kappa shape index (κ1) is 54.7. The number of hydrogen-bond acceptors (Lipinski definition) is 9. The zero-order valence-corrected chi connectivity index (χ0v) is 36.5. The molecule has 0 heterocycles. The van der Waals surface area contributed by atoms with Gasteiger partial charge in [-0.15, -0.1) is 0 Å². The molecular formula is C46H76NO10P. The lowest BCUT2D eigenvalue weighted by molar-refractivity contribution is -0.161. The van der Waals surface area contributed by atoms with Crippen LogP contribution in [0.1, 0.15) is 155 Å². The Morgan fingerprint density at radius 2 is 0.914 bits per heavy atom. The van der Waals surface area contributed by atoms with E-state index in [2.05, 4.69) is 103 Å². The Morgan fingerprint density at radius 1 is 0.534 bits per heavy atom. The number of nitrogens with two attached hydrogens (primary N) is 1. The van der Waals surface area contributed by atoms with Crippen molar-refractivity contribution >= 4 is 25.7 Å². The molecule has 330 valence electrons. The molecule has 0 fully saturated rings. The van der Waals surface area contributed by atoms with Gasteiger partial charge in [0.05, 0.1) is 13.2 Å². The minimum atomic E-state index is -4.74. The zero-order valence-electron chi connectivity index (χ0n) is 35.6. The van der Waals surface area contributed by atoms with Crippen LogP contribution in [0.5, 0.6) is 0 Å². The molecule has 3 atom stereocenters. The number of esters is 2. The first-order valence-corrected chi connectivity index (χ1v) is 23.1. The summed E-state index contributed by atoms with van der Waals surface area (Å²) in [6.07, 6.45) is 49.3. The molecule has 0 amide bonds. The molecule has 0 saturated carbocycles. The summed E-state index contributed by atoms with van der Waals surface area (Å²) in [5.74, 6) is -2.48. The summed E-state index contributed by atoms with van der Waals surface area (Å²) >= 11 is 0. The van der Waals surface area contributed by atoms with E-state index >= 15 is 0 Å². The molecule has 0 saturated heterocycles. The number of phosphoric acid groups is 1. The van der Waals surface area contributed by atoms with Gasteiger partial charge in [0.1, 0.15) is 12.6 Å². The molecule has 12 heteroatoms. The summed E-state index contributed by atoms with van der Waals surface area (Å²) in [6, 6.07) is -1.54. The number of hydrogen-bond donors (Lipinski definition) is 3. The number of phosphoric ester groups is 1. The van der Waals surface area contributed by atoms with Crippen molar-refractivity contribution in [3.63, 3.8) is 0 Å². The van der Waals surface area contributed by atoms with Gasteiger partial charge in [-0.3, -0.25) is 23.4 Å². The van der Waals surface area contributed by atoms with Gasteiger partial charge in [-0.05, 0) is 96.3 Å². The maximum Gasteiger partial charge on any atom is 0.472 e. The Morgan fingerprint density at radius 3 is 1.36 bits per heavy atom. The van der Waals surface area contributed by atoms with Crippen molar-refractivity contribution < 1.29 is 47.5 Å². The van der Waals surface area contributed by atoms with Gasteiger partial charge in [0.15, 0.2) is 6.10 Å². The molecule has 0 spiro atoms. The van der Waals surface area contributed by atoms with Gasteiger partial charge < -0.3 is 25.2 Å². The van der Waals surface area contributed by atoms with Crippen molar-refractivity contribution in [3.05, 3.63) is 85.1 Å². The summed E-state index contributed by atoms with van der Waals surface area (Å²) in [5.41, 5.74) is 5.32. The Balaban J connectivity index is 4.51. The second-order valence-corrected chi connectivity index (χ2v) is 15.6. The van der Waals surface area contributed by atoms with Crippen LogP contribution in [-0.4, -0.2) is 59.9 Å². The first-order valence-electron chi connectivity index (χ1n) is 21.6. The van der Waals surface area contributed by atoms with Gasteiger partial charge >= 0.3 is 25.7 Å². The van der Waals surface area contributed by atoms with E-state index in [1.807, 2.05) is 0 Å². The van der Waals surface area contributed by atoms with Gasteiger partial charge in [-0.25, -0.2) is 4.57 Å². The number of ether oxygens (including phenoxy) is 2. The standard InChI is InChI=1S/C46H76NO10P/c1-3-5-7-9-11-13-15-17-19-20-21-22-24-25-27-29-31-33-35-37-44(48)54-39-42(40-55-58(52,53)56-41-43(47)46(50)51)57-45(49)38-36-34-32-30-28-26-23-18-16-14-12-10-8-6-4-2/h11-14,17-19,21-23,25,27-28,30,42-43H,3-10,15-16,20,24,26,29,31-41,47H2,1-2H3,(H,50,51)(H,52,53)/b13-11-,14-12-,19-17-,22-21-,23-18-,27-25-,30-28-/t42-,43+/m1/s1. The summed E-state index contributed by atoms with van der Waals surface area (Å²) in [5, 5.41) is 8.88. The van der Waals surface area contributed by atoms with Crippen LogP contribution in [-0.2, 0) is 37.5 Å². The van der Waals surface area contributed by atoms with Crippen LogP contribution < -0.4 is 5.73 Å². The molecule has 0 aromatic rings. The monoisotopic (exact) mass is 834 g/mol. The van der Waals surface area contributed by atoms with E-state index in [1.54, 1.807) is 0 Å². The van der Waals surface area contributed by atoms with Crippen LogP contribution in [0.25, 0.3) is 0 Å². The van der Waals surface area contributed by atoms with Gasteiger partial charge in [0.25, 0.3) is 0 Å². The molecule has 4 N–H and O–H groups in total. The van der Waals surface area contributed by atoms with Crippen molar-refractivity contribution in [2.75, 3.05) is 19.8 Å². The zero-order chi connectivity index (χ0) is 42.8. The summed E-state index contributed by atoms with van der Waals surface area (Å²) in [7, 11) is -4.74.